The molecule has 0 radical (unpaired) electrons. The Kier molecular flexibility index (Phi) is 32.9. The molecule has 0 amide bonds. The summed E-state index contributed by atoms with van der Waals surface area (Å²) in [5.74, 6) is 0. The standard InChI is InChI=1S/4CN.K.3H2O.Pd.H/c4*1-2;;;;;;/h;;;;;3*1H2;;. The van der Waals surface area contributed by atoms with E-state index in [0.717, 1.165) is 0 Å². The zero-order chi connectivity index (χ0) is 7.33. The van der Waals surface area contributed by atoms with Crippen LogP contribution in [0.25, 0.3) is 0 Å². The van der Waals surface area contributed by atoms with Crippen molar-refractivity contribution in [1.29, 1.82) is 21.0 Å². The normalized spacial score (nSPS) is 6.46. The summed E-state index contributed by atoms with van der Waals surface area (Å²) in [6, 6.07) is 0. The van der Waals surface area contributed by atoms with Gasteiger partial charge >= 0.3 is 106 Å². The Labute approximate surface area is 121 Å². The number of nitrogens with zero attached hydrogens (tertiary/aromatic N) is 4. The van der Waals surface area contributed by atoms with Crippen LogP contribution in [0.4, 0.5) is 0 Å². The van der Waals surface area contributed by atoms with Gasteiger partial charge in [-0.3, -0.25) is 0 Å². The van der Waals surface area contributed by atoms with Crippen LogP contribution in [0.15, 0.2) is 0 Å². The zero-order valence-electron chi connectivity index (χ0n) is 5.61. The van der Waals surface area contributed by atoms with Gasteiger partial charge in [-0.15, -0.1) is 0 Å². The first-order valence-electron chi connectivity index (χ1n) is 1.53. The quantitative estimate of drug-likeness (QED) is 0.429. The van der Waals surface area contributed by atoms with E-state index in [4.69, 9.17) is 21.0 Å². The number of hydrogen-bond donors (Lipinski definition) is 0. The Morgan fingerprint density at radius 1 is 0.615 bits per heavy atom. The molecule has 0 fully saturated rings. The van der Waals surface area contributed by atoms with Crippen molar-refractivity contribution in [3.63, 3.8) is 0 Å². The topological polar surface area (TPSA) is 190 Å². The fourth-order valence-electron chi connectivity index (χ4n) is 0.0949. The summed E-state index contributed by atoms with van der Waals surface area (Å²) in [6.07, 6.45) is 0. The SMILES string of the molecule is N#[C][Pd]([C]#N)([C]#N)[C]#N.O.O.O.[KH]. The molecular weight excluding hydrogens is 298 g/mol. The van der Waals surface area contributed by atoms with Gasteiger partial charge in [0.15, 0.2) is 0 Å². The molecule has 0 atom stereocenters. The van der Waals surface area contributed by atoms with E-state index in [0.29, 0.717) is 0 Å². The summed E-state index contributed by atoms with van der Waals surface area (Å²) in [5, 5.41) is 32.5. The van der Waals surface area contributed by atoms with E-state index in [2.05, 4.69) is 0 Å². The molecule has 0 bridgehead atoms. The molecule has 0 aliphatic carbocycles. The van der Waals surface area contributed by atoms with Crippen LogP contribution in [-0.4, -0.2) is 67.8 Å². The van der Waals surface area contributed by atoms with Crippen LogP contribution >= 0.6 is 0 Å². The van der Waals surface area contributed by atoms with E-state index in [1.807, 2.05) is 0 Å². The zero-order valence-corrected chi connectivity index (χ0v) is 7.16. The van der Waals surface area contributed by atoms with Crippen molar-refractivity contribution >= 4 is 51.4 Å². The van der Waals surface area contributed by atoms with Crippen molar-refractivity contribution in [2.75, 3.05) is 0 Å². The van der Waals surface area contributed by atoms with E-state index in [1.54, 1.807) is 0 Å². The maximum absolute atomic E-state index is 8.13. The van der Waals surface area contributed by atoms with E-state index in [-0.39, 0.29) is 67.8 Å². The van der Waals surface area contributed by atoms with Gasteiger partial charge in [-0.25, -0.2) is 0 Å². The third kappa shape index (κ3) is 8.47. The van der Waals surface area contributed by atoms with Gasteiger partial charge in [-0.1, -0.05) is 0 Å². The van der Waals surface area contributed by atoms with Crippen LogP contribution in [0, 0.1) is 39.2 Å². The molecule has 0 unspecified atom stereocenters. The molecule has 0 aromatic rings. The van der Waals surface area contributed by atoms with Crippen LogP contribution in [0.5, 0.6) is 0 Å². The fraction of sp³-hybridized carbons (Fsp3) is 0. The van der Waals surface area contributed by atoms with Crippen LogP contribution in [0.3, 0.4) is 0 Å². The van der Waals surface area contributed by atoms with Crippen molar-refractivity contribution in [3.8, 4) is 18.2 Å². The molecule has 0 aromatic carbocycles. The average molecular weight is 305 g/mol. The molecule has 6 N–H and O–H groups in total. The average Bonchev–Trinajstić information content (AvgIpc) is 1.95. The molecule has 0 saturated heterocycles. The van der Waals surface area contributed by atoms with Crippen molar-refractivity contribution in [3.05, 3.63) is 0 Å². The van der Waals surface area contributed by atoms with Crippen LogP contribution in [0.1, 0.15) is 0 Å². The molecule has 0 aliphatic rings. The fourth-order valence-corrected chi connectivity index (χ4v) is 0.561. The van der Waals surface area contributed by atoms with Gasteiger partial charge in [0.05, 0.1) is 0 Å². The molecule has 0 saturated carbocycles. The molecule has 0 heterocycles. The van der Waals surface area contributed by atoms with E-state index >= 15 is 0 Å². The first-order chi connectivity index (χ1) is 4.24. The van der Waals surface area contributed by atoms with Crippen molar-refractivity contribution in [2.24, 2.45) is 0 Å². The summed E-state index contributed by atoms with van der Waals surface area (Å²) in [4.78, 5) is 0. The maximum atomic E-state index is 8.13. The molecule has 0 rings (SSSR count). The minimum absolute atomic E-state index is 0. The van der Waals surface area contributed by atoms with Gasteiger partial charge in [0.25, 0.3) is 0 Å². The Morgan fingerprint density at radius 3 is 0.769 bits per heavy atom. The van der Waals surface area contributed by atoms with Crippen LogP contribution in [-0.2, 0) is 15.5 Å². The van der Waals surface area contributed by atoms with Crippen LogP contribution in [0.2, 0.25) is 0 Å². The third-order valence-electron chi connectivity index (χ3n) is 0.424. The van der Waals surface area contributed by atoms with Gasteiger partial charge in [0.1, 0.15) is 0 Å². The Balaban J connectivity index is -0.0000000533. The molecule has 13 heavy (non-hydrogen) atoms. The number of hydrogen-bond acceptors (Lipinski definition) is 4. The van der Waals surface area contributed by atoms with Crippen molar-refractivity contribution in [1.82, 2.24) is 0 Å². The van der Waals surface area contributed by atoms with Gasteiger partial charge in [-0.2, -0.15) is 0 Å². The van der Waals surface area contributed by atoms with Crippen LogP contribution < -0.4 is 0 Å². The first-order valence-corrected chi connectivity index (χ1v) is 4.64. The summed E-state index contributed by atoms with van der Waals surface area (Å²) in [6.45, 7) is 0. The van der Waals surface area contributed by atoms with Gasteiger partial charge in [0, 0.05) is 0 Å². The summed E-state index contributed by atoms with van der Waals surface area (Å²) >= 11 is -3.58. The van der Waals surface area contributed by atoms with E-state index in [9.17, 15) is 0 Å². The molecule has 0 aromatic heterocycles. The van der Waals surface area contributed by atoms with Gasteiger partial charge < -0.3 is 16.4 Å². The van der Waals surface area contributed by atoms with Crippen molar-refractivity contribution < 1.29 is 32.0 Å². The van der Waals surface area contributed by atoms with E-state index in [1.165, 1.54) is 18.2 Å². The second-order valence-electron chi connectivity index (χ2n) is 0.757. The second kappa shape index (κ2) is 14.7. The molecule has 72 valence electrons. The molecule has 7 nitrogen and oxygen atoms in total. The number of rotatable bonds is 0. The summed E-state index contributed by atoms with van der Waals surface area (Å²) in [7, 11) is 0. The Bertz CT molecular complexity index is 220. The minimum atomic E-state index is -3.58. The molecule has 0 aliphatic heterocycles. The first kappa shape index (κ1) is 29.2. The van der Waals surface area contributed by atoms with Gasteiger partial charge in [0.2, 0.25) is 0 Å². The predicted molar refractivity (Wildman–Crippen MR) is 40.4 cm³/mol. The molecule has 9 heteroatoms. The van der Waals surface area contributed by atoms with Gasteiger partial charge in [-0.05, 0) is 0 Å². The molecule has 0 spiro atoms. The number of nitriles is 4. The predicted octanol–water partition coefficient (Wildman–Crippen LogP) is -3.06. The summed E-state index contributed by atoms with van der Waals surface area (Å²) < 4.78 is 5.72. The summed E-state index contributed by atoms with van der Waals surface area (Å²) in [5.41, 5.74) is 0. The third-order valence-corrected chi connectivity index (χ3v) is 2.51. The van der Waals surface area contributed by atoms with Crippen molar-refractivity contribution in [2.45, 2.75) is 0 Å². The van der Waals surface area contributed by atoms with E-state index < -0.39 is 15.5 Å². The monoisotopic (exact) mass is 304 g/mol. The molecular formula is C4H7KN4O3Pd. The second-order valence-corrected chi connectivity index (χ2v) is 4.48. The Morgan fingerprint density at radius 2 is 0.769 bits per heavy atom. The Hall–Kier alpha value is 0.139.